The molecule has 0 saturated heterocycles. The van der Waals surface area contributed by atoms with E-state index in [1.54, 1.807) is 26.1 Å². The van der Waals surface area contributed by atoms with Crippen LogP contribution in [-0.4, -0.2) is 31.1 Å². The van der Waals surface area contributed by atoms with Crippen molar-refractivity contribution in [1.29, 1.82) is 0 Å². The lowest BCUT2D eigenvalue weighted by Gasteiger charge is -2.19. The van der Waals surface area contributed by atoms with Crippen molar-refractivity contribution in [2.24, 2.45) is 0 Å². The van der Waals surface area contributed by atoms with Gasteiger partial charge < -0.3 is 14.3 Å². The third-order valence-corrected chi connectivity index (χ3v) is 3.83. The molecule has 0 bridgehead atoms. The molecule has 0 aromatic heterocycles. The van der Waals surface area contributed by atoms with Gasteiger partial charge in [-0.2, -0.15) is 0 Å². The molecule has 1 atom stereocenters. The molecule has 0 aliphatic rings. The monoisotopic (exact) mass is 289 g/mol. The molecule has 0 radical (unpaired) electrons. The van der Waals surface area contributed by atoms with E-state index in [1.165, 1.54) is 4.90 Å². The Morgan fingerprint density at radius 2 is 2.00 bits per heavy atom. The minimum absolute atomic E-state index is 0.247. The van der Waals surface area contributed by atoms with Gasteiger partial charge in [0.05, 0.1) is 6.61 Å². The smallest absolute Gasteiger partial charge is 0.324 e. The van der Waals surface area contributed by atoms with E-state index in [9.17, 15) is 9.69 Å². The summed E-state index contributed by atoms with van der Waals surface area (Å²) in [6.45, 7) is -1.66. The number of amides is 1. The summed E-state index contributed by atoms with van der Waals surface area (Å²) < 4.78 is 9.80. The predicted octanol–water partition coefficient (Wildman–Crippen LogP) is 1.92. The van der Waals surface area contributed by atoms with E-state index in [-0.39, 0.29) is 19.1 Å². The third-order valence-electron chi connectivity index (χ3n) is 2.16. The van der Waals surface area contributed by atoms with Crippen LogP contribution in [0.2, 0.25) is 0 Å². The molecule has 100 valence electrons. The maximum absolute atomic E-state index is 11.8. The van der Waals surface area contributed by atoms with Crippen molar-refractivity contribution < 1.29 is 18.7 Å². The quantitative estimate of drug-likeness (QED) is 0.811. The molecular weight excluding hydrogens is 273 g/mol. The maximum Gasteiger partial charge on any atom is 0.325 e. The average molecular weight is 289 g/mol. The van der Waals surface area contributed by atoms with Gasteiger partial charge in [0.25, 0.3) is 5.91 Å². The molecule has 1 rings (SSSR count). The van der Waals surface area contributed by atoms with Gasteiger partial charge in [0.1, 0.15) is 6.61 Å². The molecule has 1 aromatic rings. The molecular formula is C11H16NO4PS. The Labute approximate surface area is 112 Å². The fourth-order valence-electron chi connectivity index (χ4n) is 1.23. The van der Waals surface area contributed by atoms with E-state index < -0.39 is 6.72 Å². The summed E-state index contributed by atoms with van der Waals surface area (Å²) in [7, 11) is 1.63. The van der Waals surface area contributed by atoms with Crippen molar-refractivity contribution in [2.75, 3.05) is 25.2 Å². The third kappa shape index (κ3) is 4.84. The molecule has 0 aliphatic heterocycles. The molecule has 1 N–H and O–H groups in total. The molecule has 5 nitrogen and oxygen atoms in total. The minimum Gasteiger partial charge on any atom is -0.324 e. The summed E-state index contributed by atoms with van der Waals surface area (Å²) in [6.07, 6.45) is 0. The van der Waals surface area contributed by atoms with Gasteiger partial charge in [-0.05, 0) is 30.9 Å². The van der Waals surface area contributed by atoms with Crippen LogP contribution < -0.4 is 4.90 Å². The zero-order valence-electron chi connectivity index (χ0n) is 10.3. The topological polar surface area (TPSA) is 59.0 Å². The number of hydrogen-bond donors (Lipinski definition) is 1. The molecule has 0 aliphatic carbocycles. The summed E-state index contributed by atoms with van der Waals surface area (Å²) in [6, 6.07) is 9.12. The number of para-hydroxylation sites is 1. The van der Waals surface area contributed by atoms with Crippen molar-refractivity contribution in [1.82, 2.24) is 0 Å². The fraction of sp³-hybridized carbons (Fsp3) is 0.364. The lowest BCUT2D eigenvalue weighted by molar-refractivity contribution is -0.120. The molecule has 1 unspecified atom stereocenters. The molecule has 0 fully saturated rings. The van der Waals surface area contributed by atoms with E-state index in [4.69, 9.17) is 20.9 Å². The van der Waals surface area contributed by atoms with E-state index in [1.807, 2.05) is 18.2 Å². The first kappa shape index (κ1) is 15.3. The van der Waals surface area contributed by atoms with E-state index >= 15 is 0 Å². The number of likely N-dealkylation sites (N-methyl/N-ethyl adjacent to an activating group) is 1. The van der Waals surface area contributed by atoms with Gasteiger partial charge in [-0.3, -0.25) is 9.32 Å². The van der Waals surface area contributed by atoms with Crippen molar-refractivity contribution in [3.8, 4) is 0 Å². The second-order valence-electron chi connectivity index (χ2n) is 3.45. The number of anilines is 1. The highest BCUT2D eigenvalue weighted by molar-refractivity contribution is 8.07. The minimum atomic E-state index is -3.29. The van der Waals surface area contributed by atoms with Gasteiger partial charge in [0.2, 0.25) is 0 Å². The van der Waals surface area contributed by atoms with Crippen LogP contribution in [0.25, 0.3) is 0 Å². The van der Waals surface area contributed by atoms with Crippen LogP contribution in [0.3, 0.4) is 0 Å². The van der Waals surface area contributed by atoms with E-state index in [0.717, 1.165) is 5.69 Å². The van der Waals surface area contributed by atoms with Gasteiger partial charge in [0, 0.05) is 12.7 Å². The number of nitrogens with zero attached hydrogens (tertiary/aromatic N) is 1. The molecule has 1 aromatic carbocycles. The van der Waals surface area contributed by atoms with Crippen LogP contribution in [0.4, 0.5) is 5.69 Å². The molecule has 0 heterocycles. The Balaban J connectivity index is 2.54. The maximum atomic E-state index is 11.8. The van der Waals surface area contributed by atoms with Crippen LogP contribution >= 0.6 is 6.72 Å². The highest BCUT2D eigenvalue weighted by atomic mass is 32.5. The van der Waals surface area contributed by atoms with Crippen LogP contribution in [0.5, 0.6) is 0 Å². The second kappa shape index (κ2) is 6.97. The highest BCUT2D eigenvalue weighted by Gasteiger charge is 2.18. The lowest BCUT2D eigenvalue weighted by Crippen LogP contribution is -2.29. The molecule has 7 heteroatoms. The summed E-state index contributed by atoms with van der Waals surface area (Å²) in [4.78, 5) is 22.8. The Kier molecular flexibility index (Phi) is 5.91. The largest absolute Gasteiger partial charge is 0.325 e. The Bertz CT molecular complexity index is 440. The van der Waals surface area contributed by atoms with Crippen molar-refractivity contribution in [3.63, 3.8) is 0 Å². The summed E-state index contributed by atoms with van der Waals surface area (Å²) in [5.74, 6) is -0.302. The Morgan fingerprint density at radius 1 is 1.39 bits per heavy atom. The number of carbonyl (C=O) groups excluding carboxylic acids is 1. The van der Waals surface area contributed by atoms with Gasteiger partial charge in [0.15, 0.2) is 0 Å². The van der Waals surface area contributed by atoms with Crippen LogP contribution in [0, 0.1) is 0 Å². The van der Waals surface area contributed by atoms with Crippen molar-refractivity contribution in [2.45, 2.75) is 6.92 Å². The van der Waals surface area contributed by atoms with Gasteiger partial charge in [-0.25, -0.2) is 0 Å². The summed E-state index contributed by atoms with van der Waals surface area (Å²) >= 11 is 4.72. The molecule has 18 heavy (non-hydrogen) atoms. The SMILES string of the molecule is CCOP(O)(=S)OCC(=O)N(C)c1ccccc1. The first-order valence-corrected chi connectivity index (χ1v) is 7.99. The second-order valence-corrected chi connectivity index (χ2v) is 6.29. The van der Waals surface area contributed by atoms with Crippen LogP contribution in [0.1, 0.15) is 6.92 Å². The summed E-state index contributed by atoms with van der Waals surface area (Å²) in [5, 5.41) is 0. The number of benzene rings is 1. The van der Waals surface area contributed by atoms with Crippen LogP contribution in [-0.2, 0) is 25.6 Å². The van der Waals surface area contributed by atoms with Gasteiger partial charge in [-0.15, -0.1) is 0 Å². The first-order chi connectivity index (χ1) is 8.46. The molecule has 0 saturated carbocycles. The van der Waals surface area contributed by atoms with E-state index in [0.29, 0.717) is 0 Å². The Hall–Kier alpha value is -0.780. The lowest BCUT2D eigenvalue weighted by atomic mass is 10.3. The zero-order valence-corrected chi connectivity index (χ0v) is 12.0. The molecule has 0 spiro atoms. The molecule has 1 amide bonds. The number of carbonyl (C=O) groups is 1. The predicted molar refractivity (Wildman–Crippen MR) is 73.9 cm³/mol. The zero-order chi connectivity index (χ0) is 13.6. The number of hydrogen-bond acceptors (Lipinski definition) is 4. The van der Waals surface area contributed by atoms with Crippen molar-refractivity contribution >= 4 is 30.1 Å². The fourth-order valence-corrected chi connectivity index (χ4v) is 2.38. The van der Waals surface area contributed by atoms with Gasteiger partial charge in [-0.1, -0.05) is 18.2 Å². The summed E-state index contributed by atoms with van der Waals surface area (Å²) in [5.41, 5.74) is 0.744. The normalized spacial score (nSPS) is 13.9. The number of rotatable bonds is 6. The highest BCUT2D eigenvalue weighted by Crippen LogP contribution is 2.43. The average Bonchev–Trinajstić information content (AvgIpc) is 2.36. The Morgan fingerprint density at radius 3 is 2.56 bits per heavy atom. The van der Waals surface area contributed by atoms with Gasteiger partial charge >= 0.3 is 6.72 Å². The first-order valence-electron chi connectivity index (χ1n) is 5.39. The van der Waals surface area contributed by atoms with E-state index in [2.05, 4.69) is 0 Å². The van der Waals surface area contributed by atoms with Crippen molar-refractivity contribution in [3.05, 3.63) is 30.3 Å². The van der Waals surface area contributed by atoms with Crippen LogP contribution in [0.15, 0.2) is 30.3 Å². The standard InChI is InChI=1S/C11H16NO4PS/c1-3-15-17(14,18)16-9-11(13)12(2)10-7-5-4-6-8-10/h4-8H,3,9H2,1-2H3,(H,14,18).